The standard InChI is InChI=1S/C11H12FN3O2S2/c1-7-6-18-10(4-13)11(7)19(16,17)15-9-2-3-14-5-8(9)12/h2-3,5-6H,4,13H2,1H3,(H,14,15). The minimum absolute atomic E-state index is 0.119. The summed E-state index contributed by atoms with van der Waals surface area (Å²) in [6, 6.07) is 1.26. The molecule has 0 aliphatic heterocycles. The highest BCUT2D eigenvalue weighted by atomic mass is 32.2. The lowest BCUT2D eigenvalue weighted by atomic mass is 10.3. The second-order valence-corrected chi connectivity index (χ2v) is 6.42. The van der Waals surface area contributed by atoms with Crippen LogP contribution >= 0.6 is 11.3 Å². The molecule has 0 aliphatic rings. The summed E-state index contributed by atoms with van der Waals surface area (Å²) in [4.78, 5) is 4.22. The molecule has 2 aromatic rings. The van der Waals surface area contributed by atoms with Crippen LogP contribution in [0.4, 0.5) is 10.1 Å². The molecule has 0 bridgehead atoms. The molecule has 0 aromatic carbocycles. The van der Waals surface area contributed by atoms with Crippen molar-refractivity contribution < 1.29 is 12.8 Å². The van der Waals surface area contributed by atoms with E-state index in [-0.39, 0.29) is 17.1 Å². The molecule has 0 radical (unpaired) electrons. The number of nitrogens with one attached hydrogen (secondary N) is 1. The fraction of sp³-hybridized carbons (Fsp3) is 0.182. The third-order valence-corrected chi connectivity index (χ3v) is 5.31. The maximum Gasteiger partial charge on any atom is 0.263 e. The molecule has 102 valence electrons. The minimum Gasteiger partial charge on any atom is -0.326 e. The van der Waals surface area contributed by atoms with Crippen molar-refractivity contribution in [3.63, 3.8) is 0 Å². The molecule has 2 heterocycles. The van der Waals surface area contributed by atoms with E-state index in [1.54, 1.807) is 12.3 Å². The average Bonchev–Trinajstić information content (AvgIpc) is 2.74. The van der Waals surface area contributed by atoms with Gasteiger partial charge in [0.25, 0.3) is 10.0 Å². The first-order valence-electron chi connectivity index (χ1n) is 5.35. The molecule has 0 saturated heterocycles. The zero-order valence-corrected chi connectivity index (χ0v) is 11.7. The second-order valence-electron chi connectivity index (χ2n) is 3.84. The number of sulfonamides is 1. The SMILES string of the molecule is Cc1csc(CN)c1S(=O)(=O)Nc1ccncc1F. The number of nitrogens with zero attached hydrogens (tertiary/aromatic N) is 1. The van der Waals surface area contributed by atoms with Gasteiger partial charge < -0.3 is 5.73 Å². The molecule has 2 rings (SSSR count). The molecular formula is C11H12FN3O2S2. The van der Waals surface area contributed by atoms with E-state index in [4.69, 9.17) is 5.73 Å². The van der Waals surface area contributed by atoms with Crippen molar-refractivity contribution in [3.8, 4) is 0 Å². The first-order valence-corrected chi connectivity index (χ1v) is 7.71. The number of thiophene rings is 1. The number of pyridine rings is 1. The Morgan fingerprint density at radius 2 is 2.26 bits per heavy atom. The van der Waals surface area contributed by atoms with Gasteiger partial charge in [0.2, 0.25) is 0 Å². The maximum absolute atomic E-state index is 13.4. The first kappa shape index (κ1) is 13.9. The monoisotopic (exact) mass is 301 g/mol. The Morgan fingerprint density at radius 3 is 2.89 bits per heavy atom. The van der Waals surface area contributed by atoms with Crippen molar-refractivity contribution in [2.45, 2.75) is 18.4 Å². The molecule has 0 atom stereocenters. The molecule has 5 nitrogen and oxygen atoms in total. The molecule has 0 amide bonds. The van der Waals surface area contributed by atoms with Crippen LogP contribution in [0.25, 0.3) is 0 Å². The van der Waals surface area contributed by atoms with Crippen molar-refractivity contribution in [2.75, 3.05) is 4.72 Å². The Balaban J connectivity index is 2.44. The van der Waals surface area contributed by atoms with Gasteiger partial charge in [-0.2, -0.15) is 0 Å². The second kappa shape index (κ2) is 5.24. The van der Waals surface area contributed by atoms with E-state index < -0.39 is 15.8 Å². The van der Waals surface area contributed by atoms with Gasteiger partial charge in [0.05, 0.1) is 11.9 Å². The summed E-state index contributed by atoms with van der Waals surface area (Å²) in [7, 11) is -3.85. The van der Waals surface area contributed by atoms with Crippen LogP contribution < -0.4 is 10.5 Å². The Hall–Kier alpha value is -1.51. The van der Waals surface area contributed by atoms with Crippen molar-refractivity contribution in [1.29, 1.82) is 0 Å². The molecular weight excluding hydrogens is 289 g/mol. The Bertz CT molecular complexity index is 698. The number of aryl methyl sites for hydroxylation is 1. The molecule has 0 unspecified atom stereocenters. The summed E-state index contributed by atoms with van der Waals surface area (Å²) < 4.78 is 40.2. The van der Waals surface area contributed by atoms with E-state index in [1.807, 2.05) is 0 Å². The van der Waals surface area contributed by atoms with E-state index in [2.05, 4.69) is 9.71 Å². The summed E-state index contributed by atoms with van der Waals surface area (Å²) in [6.07, 6.45) is 2.26. The van der Waals surface area contributed by atoms with Crippen LogP contribution in [0.1, 0.15) is 10.4 Å². The van der Waals surface area contributed by atoms with E-state index in [9.17, 15) is 12.8 Å². The number of aromatic nitrogens is 1. The van der Waals surface area contributed by atoms with Crippen LogP contribution in [0.2, 0.25) is 0 Å². The van der Waals surface area contributed by atoms with Crippen LogP contribution in [-0.4, -0.2) is 13.4 Å². The highest BCUT2D eigenvalue weighted by Gasteiger charge is 2.23. The van der Waals surface area contributed by atoms with Gasteiger partial charge in [-0.25, -0.2) is 12.8 Å². The molecule has 3 N–H and O–H groups in total. The van der Waals surface area contributed by atoms with Crippen LogP contribution in [0.15, 0.2) is 28.7 Å². The fourth-order valence-electron chi connectivity index (χ4n) is 1.64. The Morgan fingerprint density at radius 1 is 1.53 bits per heavy atom. The molecule has 0 fully saturated rings. The van der Waals surface area contributed by atoms with Gasteiger partial charge in [0.1, 0.15) is 4.90 Å². The quantitative estimate of drug-likeness (QED) is 0.902. The van der Waals surface area contributed by atoms with Crippen LogP contribution in [0.5, 0.6) is 0 Å². The predicted octanol–water partition coefficient (Wildman–Crippen LogP) is 1.85. The number of rotatable bonds is 4. The molecule has 8 heteroatoms. The van der Waals surface area contributed by atoms with Gasteiger partial charge in [-0.15, -0.1) is 11.3 Å². The van der Waals surface area contributed by atoms with Crippen molar-refractivity contribution in [2.24, 2.45) is 5.73 Å². The van der Waals surface area contributed by atoms with Crippen molar-refractivity contribution in [3.05, 3.63) is 40.1 Å². The first-order chi connectivity index (χ1) is 8.95. The lowest BCUT2D eigenvalue weighted by Crippen LogP contribution is -2.16. The number of hydrogen-bond donors (Lipinski definition) is 2. The number of hydrogen-bond acceptors (Lipinski definition) is 5. The van der Waals surface area contributed by atoms with Crippen LogP contribution in [-0.2, 0) is 16.6 Å². The lowest BCUT2D eigenvalue weighted by Gasteiger charge is -2.10. The van der Waals surface area contributed by atoms with Crippen LogP contribution in [0.3, 0.4) is 0 Å². The van der Waals surface area contributed by atoms with Crippen molar-refractivity contribution in [1.82, 2.24) is 4.98 Å². The Labute approximate surface area is 114 Å². The summed E-state index contributed by atoms with van der Waals surface area (Å²) in [5.74, 6) is -0.728. The highest BCUT2D eigenvalue weighted by molar-refractivity contribution is 7.93. The number of halogens is 1. The van der Waals surface area contributed by atoms with Gasteiger partial charge in [0, 0.05) is 17.6 Å². The molecule has 0 saturated carbocycles. The summed E-state index contributed by atoms with van der Waals surface area (Å²) in [5, 5.41) is 1.71. The summed E-state index contributed by atoms with van der Waals surface area (Å²) >= 11 is 1.27. The number of anilines is 1. The summed E-state index contributed by atoms with van der Waals surface area (Å²) in [6.45, 7) is 1.79. The van der Waals surface area contributed by atoms with Gasteiger partial charge >= 0.3 is 0 Å². The van der Waals surface area contributed by atoms with Gasteiger partial charge in [-0.1, -0.05) is 0 Å². The van der Waals surface area contributed by atoms with E-state index in [0.717, 1.165) is 6.20 Å². The fourth-order valence-corrected chi connectivity index (χ4v) is 4.42. The third-order valence-electron chi connectivity index (χ3n) is 2.46. The molecule has 19 heavy (non-hydrogen) atoms. The van der Waals surface area contributed by atoms with E-state index >= 15 is 0 Å². The van der Waals surface area contributed by atoms with E-state index in [0.29, 0.717) is 10.4 Å². The molecule has 2 aromatic heterocycles. The van der Waals surface area contributed by atoms with Crippen LogP contribution in [0, 0.1) is 12.7 Å². The molecule has 0 aliphatic carbocycles. The van der Waals surface area contributed by atoms with Gasteiger partial charge in [0.15, 0.2) is 5.82 Å². The molecule has 0 spiro atoms. The highest BCUT2D eigenvalue weighted by Crippen LogP contribution is 2.28. The zero-order valence-electron chi connectivity index (χ0n) is 10.1. The Kier molecular flexibility index (Phi) is 3.83. The number of nitrogens with two attached hydrogens (primary N) is 1. The maximum atomic E-state index is 13.4. The van der Waals surface area contributed by atoms with Crippen molar-refractivity contribution >= 4 is 27.0 Å². The smallest absolute Gasteiger partial charge is 0.263 e. The van der Waals surface area contributed by atoms with Gasteiger partial charge in [-0.3, -0.25) is 9.71 Å². The average molecular weight is 301 g/mol. The predicted molar refractivity (Wildman–Crippen MR) is 72.0 cm³/mol. The largest absolute Gasteiger partial charge is 0.326 e. The zero-order chi connectivity index (χ0) is 14.0. The minimum atomic E-state index is -3.85. The van der Waals surface area contributed by atoms with Gasteiger partial charge in [-0.05, 0) is 23.9 Å². The third kappa shape index (κ3) is 2.75. The lowest BCUT2D eigenvalue weighted by molar-refractivity contribution is 0.597. The normalized spacial score (nSPS) is 11.5. The topological polar surface area (TPSA) is 85.1 Å². The summed E-state index contributed by atoms with van der Waals surface area (Å²) in [5.41, 5.74) is 5.97. The van der Waals surface area contributed by atoms with E-state index in [1.165, 1.54) is 23.6 Å².